The van der Waals surface area contributed by atoms with Crippen molar-refractivity contribution in [1.82, 2.24) is 20.0 Å². The fraction of sp³-hybridized carbons (Fsp3) is 0.600. The number of hydrogen-bond donors (Lipinski definition) is 1. The predicted molar refractivity (Wildman–Crippen MR) is 103 cm³/mol. The number of amides is 3. The lowest BCUT2D eigenvalue weighted by Crippen LogP contribution is -2.45. The third-order valence-electron chi connectivity index (χ3n) is 5.33. The van der Waals surface area contributed by atoms with Gasteiger partial charge in [-0.1, -0.05) is 30.3 Å². The van der Waals surface area contributed by atoms with Crippen molar-refractivity contribution in [2.45, 2.75) is 25.4 Å². The van der Waals surface area contributed by atoms with Gasteiger partial charge in [0.15, 0.2) is 0 Å². The molecule has 1 aromatic rings. The van der Waals surface area contributed by atoms with E-state index in [4.69, 9.17) is 4.74 Å². The number of benzene rings is 1. The van der Waals surface area contributed by atoms with Crippen molar-refractivity contribution < 1.29 is 14.3 Å². The van der Waals surface area contributed by atoms with Gasteiger partial charge in [-0.05, 0) is 18.4 Å². The van der Waals surface area contributed by atoms with Gasteiger partial charge in [0.25, 0.3) is 0 Å². The molecule has 0 saturated carbocycles. The third-order valence-corrected chi connectivity index (χ3v) is 5.33. The van der Waals surface area contributed by atoms with Crippen LogP contribution in [0.5, 0.6) is 0 Å². The highest BCUT2D eigenvalue weighted by Gasteiger charge is 2.36. The minimum atomic E-state index is -0.0507. The molecule has 7 nitrogen and oxygen atoms in total. The first-order valence-corrected chi connectivity index (χ1v) is 9.77. The Bertz CT molecular complexity index is 625. The summed E-state index contributed by atoms with van der Waals surface area (Å²) in [4.78, 5) is 31.2. The molecule has 0 aromatic heterocycles. The summed E-state index contributed by atoms with van der Waals surface area (Å²) < 4.78 is 4.97. The van der Waals surface area contributed by atoms with Gasteiger partial charge in [-0.25, -0.2) is 4.79 Å². The Morgan fingerprint density at radius 2 is 1.96 bits per heavy atom. The number of carbonyl (C=O) groups excluding carboxylic acids is 2. The van der Waals surface area contributed by atoms with E-state index < -0.39 is 0 Å². The summed E-state index contributed by atoms with van der Waals surface area (Å²) in [7, 11) is 1.62. The highest BCUT2D eigenvalue weighted by Crippen LogP contribution is 2.21. The molecular formula is C20H30N4O3. The molecule has 2 aliphatic rings. The van der Waals surface area contributed by atoms with Crippen LogP contribution in [0.3, 0.4) is 0 Å². The number of ether oxygens (including phenoxy) is 1. The number of rotatable bonds is 6. The molecule has 1 N–H and O–H groups in total. The van der Waals surface area contributed by atoms with Gasteiger partial charge in [0.2, 0.25) is 5.91 Å². The van der Waals surface area contributed by atoms with Crippen molar-refractivity contribution in [3.63, 3.8) is 0 Å². The first-order chi connectivity index (χ1) is 13.2. The molecule has 0 unspecified atom stereocenters. The molecule has 148 valence electrons. The van der Waals surface area contributed by atoms with Crippen molar-refractivity contribution in [3.05, 3.63) is 35.9 Å². The van der Waals surface area contributed by atoms with Gasteiger partial charge in [-0.2, -0.15) is 0 Å². The lowest BCUT2D eigenvalue weighted by molar-refractivity contribution is -0.132. The maximum atomic E-state index is 12.9. The van der Waals surface area contributed by atoms with Crippen molar-refractivity contribution >= 4 is 11.9 Å². The maximum Gasteiger partial charge on any atom is 0.317 e. The molecule has 0 aliphatic carbocycles. The van der Waals surface area contributed by atoms with E-state index in [0.717, 1.165) is 39.0 Å². The van der Waals surface area contributed by atoms with Gasteiger partial charge >= 0.3 is 6.03 Å². The number of carbonyl (C=O) groups is 2. The van der Waals surface area contributed by atoms with E-state index in [0.29, 0.717) is 26.2 Å². The van der Waals surface area contributed by atoms with Crippen molar-refractivity contribution in [2.24, 2.45) is 0 Å². The van der Waals surface area contributed by atoms with Gasteiger partial charge in [-0.3, -0.25) is 9.69 Å². The minimum absolute atomic E-state index is 0.0441. The summed E-state index contributed by atoms with van der Waals surface area (Å²) in [6.07, 6.45) is 1.76. The average molecular weight is 374 g/mol. The van der Waals surface area contributed by atoms with E-state index in [1.54, 1.807) is 7.11 Å². The van der Waals surface area contributed by atoms with E-state index in [9.17, 15) is 9.59 Å². The van der Waals surface area contributed by atoms with Gasteiger partial charge in [0.05, 0.1) is 12.6 Å². The average Bonchev–Trinajstić information content (AvgIpc) is 2.89. The molecular weight excluding hydrogens is 344 g/mol. The van der Waals surface area contributed by atoms with E-state index >= 15 is 0 Å². The van der Waals surface area contributed by atoms with Crippen LogP contribution >= 0.6 is 0 Å². The van der Waals surface area contributed by atoms with Gasteiger partial charge in [-0.15, -0.1) is 0 Å². The number of urea groups is 1. The molecule has 2 saturated heterocycles. The quantitative estimate of drug-likeness (QED) is 0.759. The summed E-state index contributed by atoms with van der Waals surface area (Å²) in [6.45, 7) is 5.49. The summed E-state index contributed by atoms with van der Waals surface area (Å²) in [6, 6.07) is 10.0. The number of hydrogen-bond acceptors (Lipinski definition) is 4. The molecule has 27 heavy (non-hydrogen) atoms. The standard InChI is InChI=1S/C20H30N4O3/c1-27-15-9-21-20(26)23-11-5-10-22(13-14-23)18-8-12-24(19(18)25)16-17-6-3-2-4-7-17/h2-4,6-7,18H,5,8-16H2,1H3,(H,21,26)/t18-/m0/s1. The molecule has 0 bridgehead atoms. The van der Waals surface area contributed by atoms with E-state index in [-0.39, 0.29) is 18.0 Å². The normalized spacial score (nSPS) is 21.4. The molecule has 2 aliphatic heterocycles. The van der Waals surface area contributed by atoms with E-state index in [1.807, 2.05) is 28.0 Å². The van der Waals surface area contributed by atoms with Crippen molar-refractivity contribution in [2.75, 3.05) is 53.0 Å². The largest absolute Gasteiger partial charge is 0.383 e. The van der Waals surface area contributed by atoms with Crippen LogP contribution in [0.25, 0.3) is 0 Å². The van der Waals surface area contributed by atoms with Crippen LogP contribution in [0, 0.1) is 0 Å². The molecule has 1 atom stereocenters. The molecule has 3 rings (SSSR count). The topological polar surface area (TPSA) is 65.1 Å². The number of nitrogens with one attached hydrogen (secondary N) is 1. The zero-order valence-corrected chi connectivity index (χ0v) is 16.1. The summed E-state index contributed by atoms with van der Waals surface area (Å²) >= 11 is 0. The van der Waals surface area contributed by atoms with Crippen LogP contribution in [-0.4, -0.2) is 85.7 Å². The highest BCUT2D eigenvalue weighted by atomic mass is 16.5. The molecule has 2 fully saturated rings. The molecule has 3 amide bonds. The molecule has 7 heteroatoms. The van der Waals surface area contributed by atoms with Gasteiger partial charge in [0, 0.05) is 52.9 Å². The molecule has 2 heterocycles. The van der Waals surface area contributed by atoms with Gasteiger partial charge < -0.3 is 19.9 Å². The Hall–Kier alpha value is -2.12. The second-order valence-corrected chi connectivity index (χ2v) is 7.15. The Morgan fingerprint density at radius 3 is 2.74 bits per heavy atom. The monoisotopic (exact) mass is 374 g/mol. The van der Waals surface area contributed by atoms with Crippen LogP contribution in [0.2, 0.25) is 0 Å². The maximum absolute atomic E-state index is 12.9. The highest BCUT2D eigenvalue weighted by molar-refractivity contribution is 5.84. The zero-order valence-electron chi connectivity index (χ0n) is 16.1. The fourth-order valence-electron chi connectivity index (χ4n) is 3.85. The number of methoxy groups -OCH3 is 1. The Balaban J connectivity index is 1.50. The third kappa shape index (κ3) is 5.20. The summed E-state index contributed by atoms with van der Waals surface area (Å²) in [5.74, 6) is 0.219. The predicted octanol–water partition coefficient (Wildman–Crippen LogP) is 1.15. The van der Waals surface area contributed by atoms with Crippen molar-refractivity contribution in [1.29, 1.82) is 0 Å². The van der Waals surface area contributed by atoms with Crippen LogP contribution in [-0.2, 0) is 16.1 Å². The van der Waals surface area contributed by atoms with Gasteiger partial charge in [0.1, 0.15) is 0 Å². The van der Waals surface area contributed by atoms with Crippen LogP contribution in [0.4, 0.5) is 4.79 Å². The van der Waals surface area contributed by atoms with Crippen LogP contribution < -0.4 is 5.32 Å². The SMILES string of the molecule is COCCNC(=O)N1CCCN([C@H]2CCN(Cc3ccccc3)C2=O)CC1. The Kier molecular flexibility index (Phi) is 7.06. The Labute approximate surface area is 161 Å². The van der Waals surface area contributed by atoms with Crippen LogP contribution in [0.15, 0.2) is 30.3 Å². The molecule has 0 radical (unpaired) electrons. The fourth-order valence-corrected chi connectivity index (χ4v) is 3.85. The van der Waals surface area contributed by atoms with E-state index in [1.165, 1.54) is 5.56 Å². The number of likely N-dealkylation sites (tertiary alicyclic amines) is 1. The molecule has 0 spiro atoms. The summed E-state index contributed by atoms with van der Waals surface area (Å²) in [5, 5.41) is 2.88. The number of nitrogens with zero attached hydrogens (tertiary/aromatic N) is 3. The first-order valence-electron chi connectivity index (χ1n) is 9.77. The zero-order chi connectivity index (χ0) is 19.1. The Morgan fingerprint density at radius 1 is 1.15 bits per heavy atom. The lowest BCUT2D eigenvalue weighted by Gasteiger charge is -2.26. The minimum Gasteiger partial charge on any atom is -0.383 e. The smallest absolute Gasteiger partial charge is 0.317 e. The second-order valence-electron chi connectivity index (χ2n) is 7.15. The lowest BCUT2D eigenvalue weighted by atomic mass is 10.2. The molecule has 1 aromatic carbocycles. The second kappa shape index (κ2) is 9.71. The van der Waals surface area contributed by atoms with Crippen LogP contribution in [0.1, 0.15) is 18.4 Å². The van der Waals surface area contributed by atoms with E-state index in [2.05, 4.69) is 22.3 Å². The summed E-state index contributed by atoms with van der Waals surface area (Å²) in [5.41, 5.74) is 1.17. The first kappa shape index (κ1) is 19.6. The van der Waals surface area contributed by atoms with Crippen molar-refractivity contribution in [3.8, 4) is 0 Å².